The summed E-state index contributed by atoms with van der Waals surface area (Å²) < 4.78 is 0. The zero-order valence-electron chi connectivity index (χ0n) is 3.81. The summed E-state index contributed by atoms with van der Waals surface area (Å²) in [6, 6.07) is 0. The third kappa shape index (κ3) is 1.93. The summed E-state index contributed by atoms with van der Waals surface area (Å²) in [4.78, 5) is 0. The van der Waals surface area contributed by atoms with Crippen molar-refractivity contribution >= 4 is 13.8 Å². The lowest BCUT2D eigenvalue weighted by atomic mass is 11.0. The molecule has 32 valence electrons. The average Bonchev–Trinajstić information content (AvgIpc) is 1.65. The zero-order chi connectivity index (χ0) is 4.99. The molecule has 1 unspecified atom stereocenters. The molecule has 0 saturated carbocycles. The third-order valence-corrected chi connectivity index (χ3v) is 1.57. The molecule has 0 N–H and O–H groups in total. The first-order chi connectivity index (χ1) is 2.81. The minimum absolute atomic E-state index is 0.521. The van der Waals surface area contributed by atoms with E-state index in [1.54, 1.807) is 0 Å². The standard InChI is InChI=1S/C4H7NP/c1-3-6(2)4-5/h2-3H2,1H3/q+1. The molecule has 0 aliphatic rings. The first-order valence-electron chi connectivity index (χ1n) is 1.79. The van der Waals surface area contributed by atoms with Crippen molar-refractivity contribution in [2.75, 3.05) is 6.16 Å². The molecule has 1 nitrogen and oxygen atoms in total. The fraction of sp³-hybridized carbons (Fsp3) is 0.500. The van der Waals surface area contributed by atoms with Crippen LogP contribution < -0.4 is 0 Å². The van der Waals surface area contributed by atoms with Gasteiger partial charge in [-0.3, -0.25) is 0 Å². The molecule has 0 aromatic rings. The quantitative estimate of drug-likeness (QED) is 0.457. The number of hydrogen-bond donors (Lipinski definition) is 0. The van der Waals surface area contributed by atoms with Crippen LogP contribution in [0.15, 0.2) is 0 Å². The number of nitriles is 1. The average molecular weight is 100 g/mol. The van der Waals surface area contributed by atoms with Crippen LogP contribution >= 0.6 is 7.55 Å². The molecular formula is C4H7NP+. The van der Waals surface area contributed by atoms with Crippen molar-refractivity contribution in [2.45, 2.75) is 6.92 Å². The molecule has 0 spiro atoms. The Morgan fingerprint density at radius 2 is 2.50 bits per heavy atom. The van der Waals surface area contributed by atoms with Crippen LogP contribution in [0.5, 0.6) is 0 Å². The Bertz CT molecular complexity index is 90.2. The van der Waals surface area contributed by atoms with Crippen LogP contribution in [0.1, 0.15) is 6.92 Å². The lowest BCUT2D eigenvalue weighted by Crippen LogP contribution is -1.56. The molecule has 0 heterocycles. The molecule has 0 bridgehead atoms. The summed E-state index contributed by atoms with van der Waals surface area (Å²) >= 11 is 0. The Kier molecular flexibility index (Phi) is 2.71. The molecule has 0 rings (SSSR count). The summed E-state index contributed by atoms with van der Waals surface area (Å²) in [7, 11) is -0.521. The van der Waals surface area contributed by atoms with E-state index in [9.17, 15) is 0 Å². The molecule has 2 heteroatoms. The predicted molar refractivity (Wildman–Crippen MR) is 30.2 cm³/mol. The van der Waals surface area contributed by atoms with Crippen LogP contribution in [0.4, 0.5) is 0 Å². The molecule has 0 aliphatic carbocycles. The first-order valence-corrected chi connectivity index (χ1v) is 3.50. The molecular weight excluding hydrogens is 93.0 g/mol. The first kappa shape index (κ1) is 5.66. The van der Waals surface area contributed by atoms with Crippen molar-refractivity contribution in [2.24, 2.45) is 0 Å². The second-order valence-corrected chi connectivity index (χ2v) is 2.87. The predicted octanol–water partition coefficient (Wildman–Crippen LogP) is 1.40. The second-order valence-electron chi connectivity index (χ2n) is 0.956. The van der Waals surface area contributed by atoms with E-state index >= 15 is 0 Å². The van der Waals surface area contributed by atoms with Gasteiger partial charge < -0.3 is 0 Å². The normalized spacial score (nSPS) is 9.67. The van der Waals surface area contributed by atoms with Crippen molar-refractivity contribution in [3.8, 4) is 5.81 Å². The highest BCUT2D eigenvalue weighted by atomic mass is 31.1. The Morgan fingerprint density at radius 3 is 2.50 bits per heavy atom. The maximum Gasteiger partial charge on any atom is 0.302 e. The lowest BCUT2D eigenvalue weighted by molar-refractivity contribution is 1.51. The van der Waals surface area contributed by atoms with Gasteiger partial charge in [-0.1, -0.05) is 0 Å². The minimum Gasteiger partial charge on any atom is -0.143 e. The van der Waals surface area contributed by atoms with Gasteiger partial charge in [0, 0.05) is 0 Å². The van der Waals surface area contributed by atoms with Crippen molar-refractivity contribution in [3.05, 3.63) is 0 Å². The topological polar surface area (TPSA) is 23.8 Å². The van der Waals surface area contributed by atoms with E-state index in [0.717, 1.165) is 6.16 Å². The lowest BCUT2D eigenvalue weighted by Gasteiger charge is -1.60. The van der Waals surface area contributed by atoms with Gasteiger partial charge in [0.05, 0.1) is 6.30 Å². The number of rotatable bonds is 1. The molecule has 0 radical (unpaired) electrons. The fourth-order valence-corrected chi connectivity index (χ4v) is 0.212. The Balaban J connectivity index is 3.33. The van der Waals surface area contributed by atoms with Gasteiger partial charge in [-0.25, -0.2) is 0 Å². The van der Waals surface area contributed by atoms with Crippen molar-refractivity contribution in [3.63, 3.8) is 0 Å². The monoisotopic (exact) mass is 100 g/mol. The molecule has 0 amide bonds. The fourth-order valence-electron chi connectivity index (χ4n) is 0.0707. The zero-order valence-corrected chi connectivity index (χ0v) is 4.70. The Labute approximate surface area is 39.0 Å². The van der Waals surface area contributed by atoms with E-state index in [1.165, 1.54) is 0 Å². The van der Waals surface area contributed by atoms with E-state index in [4.69, 9.17) is 5.26 Å². The van der Waals surface area contributed by atoms with E-state index in [1.807, 2.05) is 6.92 Å². The van der Waals surface area contributed by atoms with E-state index < -0.39 is 7.55 Å². The highest BCUT2D eigenvalue weighted by molar-refractivity contribution is 7.60. The van der Waals surface area contributed by atoms with Gasteiger partial charge in [0.15, 0.2) is 0 Å². The second kappa shape index (κ2) is 2.87. The van der Waals surface area contributed by atoms with Gasteiger partial charge in [0.1, 0.15) is 6.16 Å². The number of hydrogen-bond acceptors (Lipinski definition) is 1. The van der Waals surface area contributed by atoms with E-state index in [0.29, 0.717) is 0 Å². The van der Waals surface area contributed by atoms with E-state index in [-0.39, 0.29) is 0 Å². The van der Waals surface area contributed by atoms with Gasteiger partial charge >= 0.3 is 5.81 Å². The van der Waals surface area contributed by atoms with Gasteiger partial charge in [0.2, 0.25) is 7.55 Å². The van der Waals surface area contributed by atoms with Crippen LogP contribution in [-0.2, 0) is 0 Å². The highest BCUT2D eigenvalue weighted by Gasteiger charge is 1.93. The van der Waals surface area contributed by atoms with Crippen LogP contribution in [0.3, 0.4) is 0 Å². The highest BCUT2D eigenvalue weighted by Crippen LogP contribution is 2.13. The SMILES string of the molecule is C=[P+](C#N)CC. The summed E-state index contributed by atoms with van der Waals surface area (Å²) in [6.45, 7) is 1.97. The Morgan fingerprint density at radius 1 is 2.00 bits per heavy atom. The van der Waals surface area contributed by atoms with Crippen molar-refractivity contribution in [1.82, 2.24) is 0 Å². The minimum atomic E-state index is -0.521. The summed E-state index contributed by atoms with van der Waals surface area (Å²) in [6.07, 6.45) is 4.50. The number of nitrogens with zero attached hydrogens (tertiary/aromatic N) is 1. The van der Waals surface area contributed by atoms with Gasteiger partial charge in [0.25, 0.3) is 0 Å². The smallest absolute Gasteiger partial charge is 0.143 e. The summed E-state index contributed by atoms with van der Waals surface area (Å²) in [5, 5.41) is 8.05. The maximum atomic E-state index is 8.05. The molecule has 0 aliphatic heterocycles. The van der Waals surface area contributed by atoms with Crippen molar-refractivity contribution < 1.29 is 0 Å². The van der Waals surface area contributed by atoms with Crippen LogP contribution in [-0.4, -0.2) is 12.5 Å². The van der Waals surface area contributed by atoms with Crippen molar-refractivity contribution in [1.29, 1.82) is 5.26 Å². The van der Waals surface area contributed by atoms with Crippen LogP contribution in [0.2, 0.25) is 0 Å². The third-order valence-electron chi connectivity index (χ3n) is 0.523. The molecule has 0 aromatic carbocycles. The molecule has 0 aromatic heterocycles. The maximum absolute atomic E-state index is 8.05. The van der Waals surface area contributed by atoms with Crippen LogP contribution in [0, 0.1) is 11.1 Å². The largest absolute Gasteiger partial charge is 0.302 e. The molecule has 0 saturated heterocycles. The Hall–Kier alpha value is -0.340. The summed E-state index contributed by atoms with van der Waals surface area (Å²) in [5.74, 6) is 2.07. The van der Waals surface area contributed by atoms with Gasteiger partial charge in [-0.2, -0.15) is 0 Å². The molecule has 6 heavy (non-hydrogen) atoms. The van der Waals surface area contributed by atoms with Crippen LogP contribution in [0.25, 0.3) is 0 Å². The van der Waals surface area contributed by atoms with E-state index in [2.05, 4.69) is 12.1 Å². The molecule has 1 atom stereocenters. The van der Waals surface area contributed by atoms with Gasteiger partial charge in [-0.15, -0.1) is 5.26 Å². The molecule has 0 fully saturated rings. The van der Waals surface area contributed by atoms with Gasteiger partial charge in [-0.05, 0) is 6.92 Å². The summed E-state index contributed by atoms with van der Waals surface area (Å²) in [5.41, 5.74) is 0.